The number of nitrogens with zero attached hydrogens (tertiary/aromatic N) is 4. The Morgan fingerprint density at radius 2 is 1.00 bits per heavy atom. The molecule has 0 atom stereocenters. The molecule has 1 radical (unpaired) electrons. The van der Waals surface area contributed by atoms with E-state index in [1.54, 1.807) is 0 Å². The van der Waals surface area contributed by atoms with E-state index in [1.807, 2.05) is 85.0 Å². The van der Waals surface area contributed by atoms with Gasteiger partial charge in [0.1, 0.15) is 0 Å². The third-order valence-corrected chi connectivity index (χ3v) is 5.45. The normalized spacial score (nSPS) is 19.8. The molecule has 1 aromatic rings. The number of hydrogen-bond acceptors (Lipinski definition) is 4. The molecule has 0 fully saturated rings. The molecule has 1 aromatic carbocycles. The fourth-order valence-corrected chi connectivity index (χ4v) is 3.88. The number of allylic oxidation sites excluding steroid dienone is 12. The van der Waals surface area contributed by atoms with Crippen LogP contribution < -0.4 is 0 Å². The van der Waals surface area contributed by atoms with E-state index in [9.17, 15) is 0 Å². The smallest absolute Gasteiger partial charge is 0.0737 e. The summed E-state index contributed by atoms with van der Waals surface area (Å²) in [5, 5.41) is 0.706. The van der Waals surface area contributed by atoms with Crippen molar-refractivity contribution < 1.29 is 17.1 Å². The van der Waals surface area contributed by atoms with Crippen molar-refractivity contribution >= 4 is 40.0 Å². The molecule has 8 bridgehead atoms. The molecule has 0 unspecified atom stereocenters. The molecule has 0 saturated carbocycles. The number of aliphatic imine (C=N–C) groups is 4. The molecule has 0 aliphatic carbocycles. The minimum Gasteiger partial charge on any atom is -0.249 e. The summed E-state index contributed by atoms with van der Waals surface area (Å²) < 4.78 is 0. The molecule has 5 aliphatic heterocycles. The van der Waals surface area contributed by atoms with Crippen LogP contribution in [0.1, 0.15) is 5.56 Å². The van der Waals surface area contributed by atoms with Gasteiger partial charge in [0.05, 0.1) is 45.6 Å². The summed E-state index contributed by atoms with van der Waals surface area (Å²) in [7, 11) is 0. The Kier molecular flexibility index (Phi) is 5.31. The van der Waals surface area contributed by atoms with Crippen LogP contribution in [0.5, 0.6) is 0 Å². The zero-order chi connectivity index (χ0) is 20.8. The van der Waals surface area contributed by atoms with Gasteiger partial charge in [-0.3, -0.25) is 0 Å². The fraction of sp³-hybridized carbons (Fsp3) is 0. The van der Waals surface area contributed by atoms with Crippen LogP contribution in [-0.4, -0.2) is 22.8 Å². The van der Waals surface area contributed by atoms with Gasteiger partial charge in [-0.05, 0) is 84.5 Å². The zero-order valence-electron chi connectivity index (χ0n) is 16.6. The number of benzene rings is 1. The van der Waals surface area contributed by atoms with E-state index in [0.717, 1.165) is 56.8 Å². The first-order valence-corrected chi connectivity index (χ1v) is 10.3. The molecule has 0 saturated heterocycles. The average Bonchev–Trinajstić information content (AvgIpc) is 3.54. The molecule has 6 heteroatoms. The van der Waals surface area contributed by atoms with E-state index >= 15 is 0 Å². The van der Waals surface area contributed by atoms with Crippen molar-refractivity contribution in [3.8, 4) is 0 Å². The molecule has 32 heavy (non-hydrogen) atoms. The van der Waals surface area contributed by atoms with Crippen LogP contribution in [0, 0.1) is 0 Å². The van der Waals surface area contributed by atoms with Gasteiger partial charge < -0.3 is 0 Å². The third-order valence-electron chi connectivity index (χ3n) is 5.19. The average molecular weight is 482 g/mol. The van der Waals surface area contributed by atoms with Crippen LogP contribution in [0.25, 0.3) is 5.57 Å². The molecule has 5 aliphatic rings. The summed E-state index contributed by atoms with van der Waals surface area (Å²) in [6.07, 6.45) is 22.0. The van der Waals surface area contributed by atoms with Crippen LogP contribution >= 0.6 is 11.6 Å². The maximum atomic E-state index is 6.09. The summed E-state index contributed by atoms with van der Waals surface area (Å²) in [5.41, 5.74) is 8.98. The minimum absolute atomic E-state index is 0. The minimum atomic E-state index is 0. The Bertz CT molecular complexity index is 1400. The fourth-order valence-electron chi connectivity index (χ4n) is 3.76. The molecule has 157 valence electrons. The molecule has 6 rings (SSSR count). The Hall–Kier alpha value is -3.37. The van der Waals surface area contributed by atoms with Crippen LogP contribution in [0.4, 0.5) is 0 Å². The standard InChI is InChI=1S/C26H15ClN4.Cu/c27-17-3-1-16(2-4-17)25-14-24-13-22-8-7-20(29-22)11-18-5-6-19(28-18)12-21-9-10-23(30-21)15-26(25)31-24;/h1-15H;. The van der Waals surface area contributed by atoms with Crippen molar-refractivity contribution in [3.63, 3.8) is 0 Å². The van der Waals surface area contributed by atoms with Crippen LogP contribution in [0.3, 0.4) is 0 Å². The maximum Gasteiger partial charge on any atom is 0.0737 e. The molecule has 4 nitrogen and oxygen atoms in total. The van der Waals surface area contributed by atoms with Gasteiger partial charge in [0.15, 0.2) is 0 Å². The molecule has 0 amide bonds. The van der Waals surface area contributed by atoms with Gasteiger partial charge in [0.2, 0.25) is 0 Å². The van der Waals surface area contributed by atoms with E-state index in [0.29, 0.717) is 5.02 Å². The van der Waals surface area contributed by atoms with Gasteiger partial charge in [-0.1, -0.05) is 23.7 Å². The van der Waals surface area contributed by atoms with Gasteiger partial charge in [-0.15, -0.1) is 0 Å². The van der Waals surface area contributed by atoms with E-state index in [4.69, 9.17) is 26.6 Å². The van der Waals surface area contributed by atoms with Crippen molar-refractivity contribution in [2.45, 2.75) is 0 Å². The molecule has 5 heterocycles. The van der Waals surface area contributed by atoms with Crippen molar-refractivity contribution in [1.29, 1.82) is 0 Å². The SMILES string of the molecule is Clc1ccc(C2=CC3=NC2=CC2=NC(=CC4=NC(=CC5=NC(=C3)C=C5)C=C4)C=C2)cc1.[Cu]. The van der Waals surface area contributed by atoms with Crippen LogP contribution in [-0.2, 0) is 17.1 Å². The first-order valence-electron chi connectivity index (χ1n) is 9.92. The second-order valence-corrected chi connectivity index (χ2v) is 7.89. The summed E-state index contributed by atoms with van der Waals surface area (Å²) in [6, 6.07) is 7.80. The number of halogens is 1. The van der Waals surface area contributed by atoms with Crippen molar-refractivity contribution in [2.75, 3.05) is 0 Å². The molecular weight excluding hydrogens is 467 g/mol. The zero-order valence-corrected chi connectivity index (χ0v) is 18.3. The van der Waals surface area contributed by atoms with Crippen LogP contribution in [0.2, 0.25) is 5.02 Å². The monoisotopic (exact) mass is 481 g/mol. The largest absolute Gasteiger partial charge is 0.249 e. The van der Waals surface area contributed by atoms with Gasteiger partial charge >= 0.3 is 0 Å². The second kappa shape index (κ2) is 8.29. The Labute approximate surface area is 201 Å². The maximum absolute atomic E-state index is 6.09. The van der Waals surface area contributed by atoms with E-state index < -0.39 is 0 Å². The van der Waals surface area contributed by atoms with Gasteiger partial charge in [-0.25, -0.2) is 20.0 Å². The third kappa shape index (κ3) is 4.06. The van der Waals surface area contributed by atoms with Crippen molar-refractivity contribution in [2.24, 2.45) is 20.0 Å². The van der Waals surface area contributed by atoms with E-state index in [1.165, 1.54) is 0 Å². The Morgan fingerprint density at radius 3 is 1.56 bits per heavy atom. The number of fused-ring (bicyclic) bond motifs is 4. The molecule has 0 spiro atoms. The summed E-state index contributed by atoms with van der Waals surface area (Å²) in [6.45, 7) is 0. The Balaban J connectivity index is 0.00000216. The Morgan fingerprint density at radius 1 is 0.500 bits per heavy atom. The van der Waals surface area contributed by atoms with Crippen molar-refractivity contribution in [3.05, 3.63) is 124 Å². The van der Waals surface area contributed by atoms with Gasteiger partial charge in [-0.2, -0.15) is 0 Å². The predicted molar refractivity (Wildman–Crippen MR) is 129 cm³/mol. The number of hydrogen-bond donors (Lipinski definition) is 0. The van der Waals surface area contributed by atoms with Crippen LogP contribution in [0.15, 0.2) is 134 Å². The molecular formula is C26H15ClCuN4. The number of rotatable bonds is 1. The molecule has 0 aromatic heterocycles. The first kappa shape index (κ1) is 20.5. The van der Waals surface area contributed by atoms with Crippen molar-refractivity contribution in [1.82, 2.24) is 0 Å². The van der Waals surface area contributed by atoms with E-state index in [2.05, 4.69) is 11.1 Å². The topological polar surface area (TPSA) is 49.4 Å². The quantitative estimate of drug-likeness (QED) is 0.458. The summed E-state index contributed by atoms with van der Waals surface area (Å²) in [4.78, 5) is 18.9. The summed E-state index contributed by atoms with van der Waals surface area (Å²) >= 11 is 6.09. The van der Waals surface area contributed by atoms with Gasteiger partial charge in [0, 0.05) is 27.7 Å². The first-order chi connectivity index (χ1) is 15.2. The predicted octanol–water partition coefficient (Wildman–Crippen LogP) is 5.76. The summed E-state index contributed by atoms with van der Waals surface area (Å²) in [5.74, 6) is 0. The molecule has 0 N–H and O–H groups in total. The van der Waals surface area contributed by atoms with Gasteiger partial charge in [0.25, 0.3) is 0 Å². The van der Waals surface area contributed by atoms with E-state index in [-0.39, 0.29) is 17.1 Å². The second-order valence-electron chi connectivity index (χ2n) is 7.45.